The van der Waals surface area contributed by atoms with Gasteiger partial charge in [-0.05, 0) is 18.2 Å². The zero-order valence-corrected chi connectivity index (χ0v) is 7.62. The maximum absolute atomic E-state index is 13.0. The number of halogens is 2. The number of rotatable bonds is 2. The molecule has 1 rings (SSSR count). The standard InChI is InChI=1S/C8H6ClFN2O2/c9-5-1-2-6(10)7(3-5)12-8(13)4-11-14/h1-4,14H,(H,12,13). The lowest BCUT2D eigenvalue weighted by Gasteiger charge is -2.02. The number of nitrogens with zero attached hydrogens (tertiary/aromatic N) is 1. The molecule has 0 bridgehead atoms. The number of nitrogens with one attached hydrogen (secondary N) is 1. The van der Waals surface area contributed by atoms with Crippen molar-refractivity contribution in [3.8, 4) is 0 Å². The maximum Gasteiger partial charge on any atom is 0.270 e. The summed E-state index contributed by atoms with van der Waals surface area (Å²) in [5.41, 5.74) is -0.0672. The lowest BCUT2D eigenvalue weighted by Crippen LogP contribution is -2.13. The molecule has 0 unspecified atom stereocenters. The van der Waals surface area contributed by atoms with Crippen molar-refractivity contribution in [3.05, 3.63) is 29.0 Å². The third-order valence-electron chi connectivity index (χ3n) is 1.36. The Kier molecular flexibility index (Phi) is 3.41. The van der Waals surface area contributed by atoms with Crippen LogP contribution in [0.4, 0.5) is 10.1 Å². The van der Waals surface area contributed by atoms with Crippen LogP contribution in [-0.4, -0.2) is 17.3 Å². The van der Waals surface area contributed by atoms with Crippen LogP contribution in [0.2, 0.25) is 5.02 Å². The van der Waals surface area contributed by atoms with Crippen LogP contribution >= 0.6 is 11.6 Å². The molecule has 1 aromatic carbocycles. The number of benzene rings is 1. The van der Waals surface area contributed by atoms with E-state index in [0.717, 1.165) is 6.07 Å². The molecular weight excluding hydrogens is 211 g/mol. The molecule has 14 heavy (non-hydrogen) atoms. The van der Waals surface area contributed by atoms with Crippen molar-refractivity contribution in [2.45, 2.75) is 0 Å². The molecule has 0 heterocycles. The van der Waals surface area contributed by atoms with Crippen molar-refractivity contribution in [1.82, 2.24) is 0 Å². The smallest absolute Gasteiger partial charge is 0.270 e. The van der Waals surface area contributed by atoms with E-state index in [1.54, 1.807) is 0 Å². The van der Waals surface area contributed by atoms with Crippen LogP contribution in [0.3, 0.4) is 0 Å². The quantitative estimate of drug-likeness (QED) is 0.450. The topological polar surface area (TPSA) is 61.7 Å². The third-order valence-corrected chi connectivity index (χ3v) is 1.60. The molecule has 4 nitrogen and oxygen atoms in total. The van der Waals surface area contributed by atoms with Crippen LogP contribution in [0.25, 0.3) is 0 Å². The Balaban J connectivity index is 2.85. The van der Waals surface area contributed by atoms with Crippen LogP contribution in [0, 0.1) is 5.82 Å². The molecule has 0 aliphatic carbocycles. The highest BCUT2D eigenvalue weighted by molar-refractivity contribution is 6.33. The summed E-state index contributed by atoms with van der Waals surface area (Å²) in [7, 11) is 0. The summed E-state index contributed by atoms with van der Waals surface area (Å²) >= 11 is 5.58. The highest BCUT2D eigenvalue weighted by Crippen LogP contribution is 2.19. The van der Waals surface area contributed by atoms with Crippen LogP contribution in [0.1, 0.15) is 0 Å². The molecule has 74 valence electrons. The van der Waals surface area contributed by atoms with E-state index in [0.29, 0.717) is 11.2 Å². The summed E-state index contributed by atoms with van der Waals surface area (Å²) in [6.07, 6.45) is 0.611. The van der Waals surface area contributed by atoms with Gasteiger partial charge in [0.15, 0.2) is 0 Å². The van der Waals surface area contributed by atoms with E-state index in [1.807, 2.05) is 0 Å². The van der Waals surface area contributed by atoms with Gasteiger partial charge in [0.2, 0.25) is 0 Å². The van der Waals surface area contributed by atoms with Crippen LogP contribution in [-0.2, 0) is 4.79 Å². The van der Waals surface area contributed by atoms with Gasteiger partial charge in [0.05, 0.1) is 5.69 Å². The first-order valence-corrected chi connectivity index (χ1v) is 3.94. The van der Waals surface area contributed by atoms with Crippen LogP contribution in [0.15, 0.2) is 23.4 Å². The molecule has 0 radical (unpaired) electrons. The zero-order valence-electron chi connectivity index (χ0n) is 6.87. The lowest BCUT2D eigenvalue weighted by atomic mass is 10.3. The first-order chi connectivity index (χ1) is 6.63. The molecule has 0 spiro atoms. The fourth-order valence-electron chi connectivity index (χ4n) is 0.811. The number of amides is 1. The third kappa shape index (κ3) is 2.70. The maximum atomic E-state index is 13.0. The van der Waals surface area contributed by atoms with Gasteiger partial charge in [-0.25, -0.2) is 4.39 Å². The Bertz CT molecular complexity index is 382. The van der Waals surface area contributed by atoms with Crippen LogP contribution in [0.5, 0.6) is 0 Å². The highest BCUT2D eigenvalue weighted by atomic mass is 35.5. The number of hydrogen-bond donors (Lipinski definition) is 2. The minimum Gasteiger partial charge on any atom is -0.411 e. The number of oxime groups is 1. The van der Waals surface area contributed by atoms with E-state index >= 15 is 0 Å². The molecule has 6 heteroatoms. The fourth-order valence-corrected chi connectivity index (χ4v) is 0.983. The number of anilines is 1. The molecule has 1 amide bonds. The van der Waals surface area contributed by atoms with E-state index in [2.05, 4.69) is 10.5 Å². The summed E-state index contributed by atoms with van der Waals surface area (Å²) in [5, 5.41) is 13.0. The van der Waals surface area contributed by atoms with Gasteiger partial charge in [0.25, 0.3) is 5.91 Å². The number of hydrogen-bond acceptors (Lipinski definition) is 3. The molecule has 0 aromatic heterocycles. The Morgan fingerprint density at radius 3 is 3.00 bits per heavy atom. The van der Waals surface area contributed by atoms with Gasteiger partial charge in [-0.2, -0.15) is 0 Å². The lowest BCUT2D eigenvalue weighted by molar-refractivity contribution is -0.110. The van der Waals surface area contributed by atoms with E-state index in [1.165, 1.54) is 12.1 Å². The van der Waals surface area contributed by atoms with Crippen LogP contribution < -0.4 is 5.32 Å². The van der Waals surface area contributed by atoms with E-state index in [9.17, 15) is 9.18 Å². The number of carbonyl (C=O) groups excluding carboxylic acids is 1. The largest absolute Gasteiger partial charge is 0.411 e. The minimum absolute atomic E-state index is 0.0672. The van der Waals surface area contributed by atoms with Gasteiger partial charge < -0.3 is 10.5 Å². The molecule has 0 aliphatic rings. The van der Waals surface area contributed by atoms with Gasteiger partial charge in [-0.3, -0.25) is 4.79 Å². The van der Waals surface area contributed by atoms with Gasteiger partial charge in [-0.15, -0.1) is 0 Å². The van der Waals surface area contributed by atoms with Crippen molar-refractivity contribution >= 4 is 29.4 Å². The van der Waals surface area contributed by atoms with Gasteiger partial charge >= 0.3 is 0 Å². The molecule has 0 saturated heterocycles. The first-order valence-electron chi connectivity index (χ1n) is 3.57. The zero-order chi connectivity index (χ0) is 10.6. The van der Waals surface area contributed by atoms with Crippen molar-refractivity contribution in [2.75, 3.05) is 5.32 Å². The monoisotopic (exact) mass is 216 g/mol. The number of carbonyl (C=O) groups is 1. The highest BCUT2D eigenvalue weighted by Gasteiger charge is 2.05. The van der Waals surface area contributed by atoms with E-state index in [4.69, 9.17) is 16.8 Å². The summed E-state index contributed by atoms with van der Waals surface area (Å²) in [5.74, 6) is -1.36. The SMILES string of the molecule is O=C(C=NO)Nc1cc(Cl)ccc1F. The molecule has 0 saturated carbocycles. The fraction of sp³-hybridized carbons (Fsp3) is 0. The predicted octanol–water partition coefficient (Wildman–Crippen LogP) is 1.88. The second kappa shape index (κ2) is 4.57. The van der Waals surface area contributed by atoms with Crippen molar-refractivity contribution in [3.63, 3.8) is 0 Å². The minimum atomic E-state index is -0.742. The summed E-state index contributed by atoms with van der Waals surface area (Å²) in [6.45, 7) is 0. The second-order valence-corrected chi connectivity index (χ2v) is 2.79. The van der Waals surface area contributed by atoms with Crippen molar-refractivity contribution in [2.24, 2.45) is 5.16 Å². The Hall–Kier alpha value is -1.62. The van der Waals surface area contributed by atoms with Gasteiger partial charge in [-0.1, -0.05) is 16.8 Å². The van der Waals surface area contributed by atoms with Crippen molar-refractivity contribution < 1.29 is 14.4 Å². The molecular formula is C8H6ClFN2O2. The molecule has 0 atom stereocenters. The Morgan fingerprint density at radius 1 is 1.64 bits per heavy atom. The van der Waals surface area contributed by atoms with Gasteiger partial charge in [0, 0.05) is 5.02 Å². The first kappa shape index (κ1) is 10.5. The molecule has 2 N–H and O–H groups in total. The second-order valence-electron chi connectivity index (χ2n) is 2.36. The van der Waals surface area contributed by atoms with E-state index in [-0.39, 0.29) is 5.69 Å². The Labute approximate surface area is 84.0 Å². The summed E-state index contributed by atoms with van der Waals surface area (Å²) in [4.78, 5) is 10.8. The normalized spacial score (nSPS) is 10.4. The summed E-state index contributed by atoms with van der Waals surface area (Å²) < 4.78 is 13.0. The molecule has 0 aliphatic heterocycles. The Morgan fingerprint density at radius 2 is 2.36 bits per heavy atom. The summed E-state index contributed by atoms with van der Waals surface area (Å²) in [6, 6.07) is 3.72. The predicted molar refractivity (Wildman–Crippen MR) is 50.3 cm³/mol. The van der Waals surface area contributed by atoms with Crippen molar-refractivity contribution in [1.29, 1.82) is 0 Å². The molecule has 0 fully saturated rings. The van der Waals surface area contributed by atoms with E-state index < -0.39 is 11.7 Å². The molecule has 1 aromatic rings. The van der Waals surface area contributed by atoms with Gasteiger partial charge in [0.1, 0.15) is 12.0 Å². The average Bonchev–Trinajstić information content (AvgIpc) is 2.12. The average molecular weight is 217 g/mol.